The van der Waals surface area contributed by atoms with E-state index in [9.17, 15) is 0 Å². The molecule has 0 unspecified atom stereocenters. The standard InChI is InChI=1S/C19H17ClN6S/c20-18-15(12-14-6-4-5-9-17(14)22-18)13-21-10-11-27-19-23-24-25-26(19)16-7-2-1-3-8-16/h1-9,12,21H,10-11,13H2. The monoisotopic (exact) mass is 396 g/mol. The number of tetrazole rings is 1. The third-order valence-electron chi connectivity index (χ3n) is 4.02. The van der Waals surface area contributed by atoms with E-state index in [4.69, 9.17) is 11.6 Å². The van der Waals surface area contributed by atoms with Crippen molar-refractivity contribution in [1.82, 2.24) is 30.5 Å². The lowest BCUT2D eigenvalue weighted by Gasteiger charge is -2.08. The Labute approximate surface area is 166 Å². The zero-order valence-electron chi connectivity index (χ0n) is 14.4. The number of aromatic nitrogens is 5. The second-order valence-electron chi connectivity index (χ2n) is 5.87. The molecule has 2 aromatic carbocycles. The van der Waals surface area contributed by atoms with Gasteiger partial charge < -0.3 is 5.32 Å². The second-order valence-corrected chi connectivity index (χ2v) is 7.29. The van der Waals surface area contributed by atoms with Gasteiger partial charge in [0, 0.05) is 29.8 Å². The highest BCUT2D eigenvalue weighted by Crippen LogP contribution is 2.21. The highest BCUT2D eigenvalue weighted by molar-refractivity contribution is 7.99. The summed E-state index contributed by atoms with van der Waals surface area (Å²) in [7, 11) is 0. The van der Waals surface area contributed by atoms with Gasteiger partial charge in [0.1, 0.15) is 5.15 Å². The van der Waals surface area contributed by atoms with Crippen molar-refractivity contribution in [3.05, 3.63) is 71.4 Å². The molecule has 0 aliphatic rings. The molecule has 8 heteroatoms. The maximum Gasteiger partial charge on any atom is 0.214 e. The van der Waals surface area contributed by atoms with Gasteiger partial charge in [-0.3, -0.25) is 0 Å². The molecular formula is C19H17ClN6S. The van der Waals surface area contributed by atoms with Gasteiger partial charge in [-0.15, -0.1) is 5.10 Å². The van der Waals surface area contributed by atoms with Crippen LogP contribution in [0.2, 0.25) is 5.15 Å². The Morgan fingerprint density at radius 3 is 2.74 bits per heavy atom. The summed E-state index contributed by atoms with van der Waals surface area (Å²) in [6.07, 6.45) is 0. The van der Waals surface area contributed by atoms with E-state index in [1.807, 2.05) is 54.6 Å². The molecule has 0 amide bonds. The normalized spacial score (nSPS) is 11.1. The molecule has 4 aromatic rings. The summed E-state index contributed by atoms with van der Waals surface area (Å²) < 4.78 is 1.74. The first kappa shape index (κ1) is 17.9. The van der Waals surface area contributed by atoms with Crippen LogP contribution >= 0.6 is 23.4 Å². The van der Waals surface area contributed by atoms with E-state index < -0.39 is 0 Å². The Morgan fingerprint density at radius 1 is 1.04 bits per heavy atom. The lowest BCUT2D eigenvalue weighted by atomic mass is 10.1. The van der Waals surface area contributed by atoms with Crippen LogP contribution in [0, 0.1) is 0 Å². The van der Waals surface area contributed by atoms with Crippen LogP contribution in [0.15, 0.2) is 65.8 Å². The van der Waals surface area contributed by atoms with Crippen molar-refractivity contribution < 1.29 is 0 Å². The van der Waals surface area contributed by atoms with Crippen molar-refractivity contribution in [1.29, 1.82) is 0 Å². The van der Waals surface area contributed by atoms with Gasteiger partial charge in [0.15, 0.2) is 0 Å². The summed E-state index contributed by atoms with van der Waals surface area (Å²) >= 11 is 7.91. The highest BCUT2D eigenvalue weighted by atomic mass is 35.5. The lowest BCUT2D eigenvalue weighted by molar-refractivity contribution is 0.727. The van der Waals surface area contributed by atoms with Crippen molar-refractivity contribution in [3.63, 3.8) is 0 Å². The first-order chi connectivity index (χ1) is 13.3. The van der Waals surface area contributed by atoms with E-state index in [2.05, 4.69) is 31.9 Å². The molecule has 136 valence electrons. The molecule has 0 bridgehead atoms. The Hall–Kier alpha value is -2.48. The summed E-state index contributed by atoms with van der Waals surface area (Å²) in [5, 5.41) is 17.8. The van der Waals surface area contributed by atoms with Crippen LogP contribution in [0.4, 0.5) is 0 Å². The van der Waals surface area contributed by atoms with Gasteiger partial charge in [-0.05, 0) is 34.7 Å². The molecule has 1 N–H and O–H groups in total. The molecule has 0 saturated heterocycles. The number of benzene rings is 2. The molecular weight excluding hydrogens is 380 g/mol. The number of thioether (sulfide) groups is 1. The van der Waals surface area contributed by atoms with Crippen molar-refractivity contribution in [3.8, 4) is 5.69 Å². The molecule has 0 fully saturated rings. The third-order valence-corrected chi connectivity index (χ3v) is 5.27. The van der Waals surface area contributed by atoms with E-state index in [0.717, 1.165) is 39.6 Å². The Balaban J connectivity index is 1.32. The lowest BCUT2D eigenvalue weighted by Crippen LogP contribution is -2.17. The predicted octanol–water partition coefficient (Wildman–Crippen LogP) is 3.75. The van der Waals surface area contributed by atoms with E-state index in [-0.39, 0.29) is 0 Å². The average molecular weight is 397 g/mol. The van der Waals surface area contributed by atoms with Gasteiger partial charge in [0.25, 0.3) is 0 Å². The number of nitrogens with one attached hydrogen (secondary N) is 1. The smallest absolute Gasteiger partial charge is 0.214 e. The largest absolute Gasteiger partial charge is 0.312 e. The van der Waals surface area contributed by atoms with Crippen molar-refractivity contribution in [2.24, 2.45) is 0 Å². The molecule has 0 radical (unpaired) electrons. The van der Waals surface area contributed by atoms with E-state index in [0.29, 0.717) is 11.7 Å². The third kappa shape index (κ3) is 4.27. The van der Waals surface area contributed by atoms with Crippen LogP contribution in [0.1, 0.15) is 5.56 Å². The van der Waals surface area contributed by atoms with Gasteiger partial charge >= 0.3 is 0 Å². The number of pyridine rings is 1. The van der Waals surface area contributed by atoms with Crippen molar-refractivity contribution in [2.45, 2.75) is 11.7 Å². The molecule has 0 saturated carbocycles. The molecule has 6 nitrogen and oxygen atoms in total. The van der Waals surface area contributed by atoms with Crippen LogP contribution in [0.3, 0.4) is 0 Å². The van der Waals surface area contributed by atoms with Gasteiger partial charge in [-0.1, -0.05) is 59.8 Å². The zero-order chi connectivity index (χ0) is 18.5. The first-order valence-electron chi connectivity index (χ1n) is 8.53. The van der Waals surface area contributed by atoms with Gasteiger partial charge in [0.05, 0.1) is 11.2 Å². The number of hydrogen-bond acceptors (Lipinski definition) is 6. The van der Waals surface area contributed by atoms with Crippen LogP contribution < -0.4 is 5.32 Å². The molecule has 0 atom stereocenters. The van der Waals surface area contributed by atoms with Crippen LogP contribution in [-0.4, -0.2) is 37.5 Å². The van der Waals surface area contributed by atoms with Gasteiger partial charge in [-0.2, -0.15) is 4.68 Å². The molecule has 0 aliphatic carbocycles. The topological polar surface area (TPSA) is 68.5 Å². The predicted molar refractivity (Wildman–Crippen MR) is 108 cm³/mol. The Kier molecular flexibility index (Phi) is 5.62. The molecule has 4 rings (SSSR count). The number of hydrogen-bond donors (Lipinski definition) is 1. The SMILES string of the molecule is Clc1nc2ccccc2cc1CNCCSc1nnnn1-c1ccccc1. The average Bonchev–Trinajstić information content (AvgIpc) is 3.17. The summed E-state index contributed by atoms with van der Waals surface area (Å²) in [4.78, 5) is 4.45. The fourth-order valence-corrected chi connectivity index (χ4v) is 3.70. The van der Waals surface area contributed by atoms with E-state index >= 15 is 0 Å². The fourth-order valence-electron chi connectivity index (χ4n) is 2.70. The minimum Gasteiger partial charge on any atom is -0.312 e. The number of fused-ring (bicyclic) bond motifs is 1. The van der Waals surface area contributed by atoms with Crippen molar-refractivity contribution >= 4 is 34.3 Å². The minimum absolute atomic E-state index is 0.543. The number of rotatable bonds is 7. The van der Waals surface area contributed by atoms with Crippen LogP contribution in [0.5, 0.6) is 0 Å². The van der Waals surface area contributed by atoms with Crippen LogP contribution in [0.25, 0.3) is 16.6 Å². The quantitative estimate of drug-likeness (QED) is 0.291. The van der Waals surface area contributed by atoms with Gasteiger partial charge in [0.2, 0.25) is 5.16 Å². The number of para-hydroxylation sites is 2. The van der Waals surface area contributed by atoms with Crippen LogP contribution in [-0.2, 0) is 6.54 Å². The molecule has 27 heavy (non-hydrogen) atoms. The zero-order valence-corrected chi connectivity index (χ0v) is 16.0. The second kappa shape index (κ2) is 8.47. The molecule has 2 heterocycles. The summed E-state index contributed by atoms with van der Waals surface area (Å²) in [5.74, 6) is 0.839. The number of nitrogens with zero attached hydrogens (tertiary/aromatic N) is 5. The Morgan fingerprint density at radius 2 is 1.85 bits per heavy atom. The molecule has 0 aliphatic heterocycles. The van der Waals surface area contributed by atoms with E-state index in [1.165, 1.54) is 0 Å². The fraction of sp³-hybridized carbons (Fsp3) is 0.158. The maximum atomic E-state index is 6.30. The van der Waals surface area contributed by atoms with Crippen molar-refractivity contribution in [2.75, 3.05) is 12.3 Å². The number of halogens is 1. The molecule has 0 spiro atoms. The molecule has 2 aromatic heterocycles. The maximum absolute atomic E-state index is 6.30. The Bertz CT molecular complexity index is 1040. The van der Waals surface area contributed by atoms with E-state index in [1.54, 1.807) is 16.4 Å². The summed E-state index contributed by atoms with van der Waals surface area (Å²) in [6.45, 7) is 1.47. The summed E-state index contributed by atoms with van der Waals surface area (Å²) in [5.41, 5.74) is 2.86. The first-order valence-corrected chi connectivity index (χ1v) is 9.89. The highest BCUT2D eigenvalue weighted by Gasteiger charge is 2.08. The summed E-state index contributed by atoms with van der Waals surface area (Å²) in [6, 6.07) is 19.9. The van der Waals surface area contributed by atoms with Gasteiger partial charge in [-0.25, -0.2) is 4.98 Å². The minimum atomic E-state index is 0.543.